The molecule has 0 fully saturated rings. The monoisotopic (exact) mass is 260 g/mol. The van der Waals surface area contributed by atoms with E-state index in [9.17, 15) is 8.78 Å². The molecule has 2 N–H and O–H groups in total. The van der Waals surface area contributed by atoms with Gasteiger partial charge in [0.15, 0.2) is 0 Å². The lowest BCUT2D eigenvalue weighted by Gasteiger charge is -2.07. The van der Waals surface area contributed by atoms with Crippen molar-refractivity contribution in [1.82, 2.24) is 0 Å². The highest BCUT2D eigenvalue weighted by Crippen LogP contribution is 2.19. The van der Waals surface area contributed by atoms with Crippen LogP contribution in [0.15, 0.2) is 36.4 Å². The number of hydrogen-bond acceptors (Lipinski definition) is 3. The molecule has 0 aliphatic heterocycles. The van der Waals surface area contributed by atoms with E-state index in [-0.39, 0.29) is 17.9 Å². The molecule has 3 nitrogen and oxygen atoms in total. The highest BCUT2D eigenvalue weighted by molar-refractivity contribution is 5.43. The maximum atomic E-state index is 13.2. The van der Waals surface area contributed by atoms with Crippen molar-refractivity contribution in [2.45, 2.75) is 6.61 Å². The molecule has 0 spiro atoms. The van der Waals surface area contributed by atoms with E-state index < -0.39 is 11.6 Å². The highest BCUT2D eigenvalue weighted by Gasteiger charge is 2.05. The Hall–Kier alpha value is -2.61. The molecule has 0 saturated heterocycles. The fraction of sp³-hybridized carbons (Fsp3) is 0.0714. The van der Waals surface area contributed by atoms with Crippen LogP contribution in [0.5, 0.6) is 5.75 Å². The van der Waals surface area contributed by atoms with Crippen LogP contribution in [-0.2, 0) is 6.61 Å². The zero-order chi connectivity index (χ0) is 13.8. The van der Waals surface area contributed by atoms with E-state index in [2.05, 4.69) is 0 Å². The number of benzene rings is 2. The number of nitrogens with zero attached hydrogens (tertiary/aromatic N) is 1. The number of rotatable bonds is 3. The van der Waals surface area contributed by atoms with Crippen molar-refractivity contribution in [3.8, 4) is 11.8 Å². The number of anilines is 1. The van der Waals surface area contributed by atoms with Crippen LogP contribution in [-0.4, -0.2) is 0 Å². The van der Waals surface area contributed by atoms with Crippen molar-refractivity contribution in [3.63, 3.8) is 0 Å². The van der Waals surface area contributed by atoms with Crippen LogP contribution in [0.25, 0.3) is 0 Å². The Morgan fingerprint density at radius 3 is 2.58 bits per heavy atom. The summed E-state index contributed by atoms with van der Waals surface area (Å²) in [6, 6.07) is 9.94. The highest BCUT2D eigenvalue weighted by atomic mass is 19.1. The second-order valence-corrected chi connectivity index (χ2v) is 3.90. The number of ether oxygens (including phenoxy) is 1. The minimum Gasteiger partial charge on any atom is -0.489 e. The number of nitrogens with two attached hydrogens (primary N) is 1. The molecule has 0 aliphatic rings. The van der Waals surface area contributed by atoms with Gasteiger partial charge in [-0.3, -0.25) is 0 Å². The number of nitriles is 1. The lowest BCUT2D eigenvalue weighted by atomic mass is 10.1. The Morgan fingerprint density at radius 1 is 1.11 bits per heavy atom. The van der Waals surface area contributed by atoms with E-state index in [1.807, 2.05) is 0 Å². The van der Waals surface area contributed by atoms with Gasteiger partial charge in [-0.15, -0.1) is 0 Å². The molecule has 0 radical (unpaired) electrons. The summed E-state index contributed by atoms with van der Waals surface area (Å²) in [5, 5.41) is 8.70. The summed E-state index contributed by atoms with van der Waals surface area (Å²) in [7, 11) is 0. The van der Waals surface area contributed by atoms with E-state index in [0.717, 1.165) is 0 Å². The van der Waals surface area contributed by atoms with E-state index in [1.165, 1.54) is 36.4 Å². The van der Waals surface area contributed by atoms with Gasteiger partial charge in [0.2, 0.25) is 0 Å². The van der Waals surface area contributed by atoms with E-state index >= 15 is 0 Å². The van der Waals surface area contributed by atoms with Crippen LogP contribution in [0.2, 0.25) is 0 Å². The Bertz CT molecular complexity index is 650. The third kappa shape index (κ3) is 2.99. The molecule has 2 aromatic rings. The van der Waals surface area contributed by atoms with Gasteiger partial charge in [-0.2, -0.15) is 5.26 Å². The molecular weight excluding hydrogens is 250 g/mol. The van der Waals surface area contributed by atoms with Crippen LogP contribution in [0.4, 0.5) is 14.5 Å². The number of halogens is 2. The molecule has 2 rings (SSSR count). The molecule has 0 saturated carbocycles. The van der Waals surface area contributed by atoms with Crippen LogP contribution in [0, 0.1) is 23.0 Å². The first-order valence-corrected chi connectivity index (χ1v) is 5.46. The summed E-state index contributed by atoms with van der Waals surface area (Å²) < 4.78 is 31.6. The normalized spacial score (nSPS) is 9.95. The summed E-state index contributed by atoms with van der Waals surface area (Å²) in [6.45, 7) is 0.109. The molecule has 19 heavy (non-hydrogen) atoms. The van der Waals surface area contributed by atoms with Crippen molar-refractivity contribution in [2.75, 3.05) is 5.73 Å². The minimum absolute atomic E-state index is 0.0425. The third-order valence-electron chi connectivity index (χ3n) is 2.53. The Morgan fingerprint density at radius 2 is 1.89 bits per heavy atom. The molecule has 0 aliphatic carbocycles. The second-order valence-electron chi connectivity index (χ2n) is 3.90. The van der Waals surface area contributed by atoms with Crippen molar-refractivity contribution in [3.05, 3.63) is 59.2 Å². The van der Waals surface area contributed by atoms with Crippen molar-refractivity contribution in [2.24, 2.45) is 0 Å². The van der Waals surface area contributed by atoms with Gasteiger partial charge in [0, 0.05) is 6.07 Å². The van der Waals surface area contributed by atoms with Gasteiger partial charge < -0.3 is 10.5 Å². The molecule has 0 atom stereocenters. The molecule has 0 amide bonds. The maximum absolute atomic E-state index is 13.2. The summed E-state index contributed by atoms with van der Waals surface area (Å²) in [5.41, 5.74) is 5.95. The summed E-state index contributed by atoms with van der Waals surface area (Å²) in [6.07, 6.45) is 0. The third-order valence-corrected chi connectivity index (χ3v) is 2.53. The maximum Gasteiger partial charge on any atom is 0.149 e. The van der Waals surface area contributed by atoms with E-state index in [1.54, 1.807) is 6.07 Å². The molecule has 0 bridgehead atoms. The molecule has 0 heterocycles. The van der Waals surface area contributed by atoms with Crippen molar-refractivity contribution >= 4 is 5.69 Å². The SMILES string of the molecule is N#Cc1cc(COc2ccc(N)c(F)c2)ccc1F. The van der Waals surface area contributed by atoms with Crippen LogP contribution in [0.3, 0.4) is 0 Å². The van der Waals surface area contributed by atoms with Crippen LogP contribution >= 0.6 is 0 Å². The first-order chi connectivity index (χ1) is 9.10. The lowest BCUT2D eigenvalue weighted by molar-refractivity contribution is 0.304. The smallest absolute Gasteiger partial charge is 0.149 e. The predicted octanol–water partition coefficient (Wildman–Crippen LogP) is 3.00. The van der Waals surface area contributed by atoms with Crippen molar-refractivity contribution in [1.29, 1.82) is 5.26 Å². The van der Waals surface area contributed by atoms with E-state index in [4.69, 9.17) is 15.7 Å². The van der Waals surface area contributed by atoms with Crippen LogP contribution in [0.1, 0.15) is 11.1 Å². The Labute approximate surface area is 108 Å². The fourth-order valence-electron chi connectivity index (χ4n) is 1.51. The quantitative estimate of drug-likeness (QED) is 0.863. The molecule has 0 aromatic heterocycles. The molecule has 0 unspecified atom stereocenters. The zero-order valence-corrected chi connectivity index (χ0v) is 9.86. The Kier molecular flexibility index (Phi) is 3.62. The predicted molar refractivity (Wildman–Crippen MR) is 66.3 cm³/mol. The molecule has 96 valence electrons. The summed E-state index contributed by atoms with van der Waals surface area (Å²) >= 11 is 0. The Balaban J connectivity index is 2.10. The van der Waals surface area contributed by atoms with Crippen molar-refractivity contribution < 1.29 is 13.5 Å². The zero-order valence-electron chi connectivity index (χ0n) is 9.86. The van der Waals surface area contributed by atoms with Crippen LogP contribution < -0.4 is 10.5 Å². The summed E-state index contributed by atoms with van der Waals surface area (Å²) in [5.74, 6) is -0.825. The second kappa shape index (κ2) is 5.36. The van der Waals surface area contributed by atoms with Gasteiger partial charge in [-0.05, 0) is 29.8 Å². The number of nitrogen functional groups attached to an aromatic ring is 1. The van der Waals surface area contributed by atoms with Gasteiger partial charge in [0.25, 0.3) is 0 Å². The number of hydrogen-bond donors (Lipinski definition) is 1. The van der Waals surface area contributed by atoms with Gasteiger partial charge in [-0.25, -0.2) is 8.78 Å². The lowest BCUT2D eigenvalue weighted by Crippen LogP contribution is -1.98. The van der Waals surface area contributed by atoms with Gasteiger partial charge in [-0.1, -0.05) is 6.07 Å². The van der Waals surface area contributed by atoms with E-state index in [0.29, 0.717) is 11.3 Å². The molecule has 5 heteroatoms. The van der Waals surface area contributed by atoms with Gasteiger partial charge in [0.1, 0.15) is 30.1 Å². The molecular formula is C14H10F2N2O. The largest absolute Gasteiger partial charge is 0.489 e. The summed E-state index contributed by atoms with van der Waals surface area (Å²) in [4.78, 5) is 0. The minimum atomic E-state index is -0.579. The van der Waals surface area contributed by atoms with Gasteiger partial charge >= 0.3 is 0 Å². The standard InChI is InChI=1S/C14H10F2N2O/c15-12-3-1-9(5-10(12)7-17)8-19-11-2-4-14(18)13(16)6-11/h1-6H,8,18H2. The molecule has 2 aromatic carbocycles. The topological polar surface area (TPSA) is 59.0 Å². The first-order valence-electron chi connectivity index (χ1n) is 5.46. The fourth-order valence-corrected chi connectivity index (χ4v) is 1.51. The first kappa shape index (κ1) is 12.8. The average molecular weight is 260 g/mol. The van der Waals surface area contributed by atoms with Gasteiger partial charge in [0.05, 0.1) is 11.3 Å². The average Bonchev–Trinajstić information content (AvgIpc) is 2.41.